The van der Waals surface area contributed by atoms with E-state index in [1.165, 1.54) is 6.07 Å². The second kappa shape index (κ2) is 4.54. The summed E-state index contributed by atoms with van der Waals surface area (Å²) in [5, 5.41) is 17.7. The van der Waals surface area contributed by atoms with Crippen molar-refractivity contribution in [3.8, 4) is 0 Å². The smallest absolute Gasteiger partial charge is 0.336 e. The molecular formula is C9H10BrNO3. The molecule has 0 radical (unpaired) electrons. The van der Waals surface area contributed by atoms with Gasteiger partial charge in [0, 0.05) is 4.47 Å². The second-order valence-corrected chi connectivity index (χ2v) is 3.74. The van der Waals surface area contributed by atoms with Gasteiger partial charge in [0.15, 0.2) is 0 Å². The Morgan fingerprint density at radius 3 is 2.71 bits per heavy atom. The summed E-state index contributed by atoms with van der Waals surface area (Å²) in [5.74, 6) is -1.04. The molecule has 1 aromatic carbocycles. The molecule has 1 rings (SSSR count). The highest BCUT2D eigenvalue weighted by Crippen LogP contribution is 2.21. The number of hydrogen-bond donors (Lipinski definition) is 3. The summed E-state index contributed by atoms with van der Waals surface area (Å²) in [7, 11) is 0. The van der Waals surface area contributed by atoms with E-state index in [-0.39, 0.29) is 12.2 Å². The largest absolute Gasteiger partial charge is 0.478 e. The second-order valence-electron chi connectivity index (χ2n) is 2.83. The van der Waals surface area contributed by atoms with Crippen molar-refractivity contribution in [3.05, 3.63) is 33.8 Å². The van der Waals surface area contributed by atoms with E-state index in [0.29, 0.717) is 5.56 Å². The first-order valence-electron chi connectivity index (χ1n) is 3.95. The summed E-state index contributed by atoms with van der Waals surface area (Å²) < 4.78 is 0.737. The Kier molecular flexibility index (Phi) is 3.62. The van der Waals surface area contributed by atoms with E-state index in [1.54, 1.807) is 12.1 Å². The summed E-state index contributed by atoms with van der Waals surface area (Å²) in [6, 6.07) is 4.01. The van der Waals surface area contributed by atoms with Gasteiger partial charge in [0.05, 0.1) is 18.2 Å². The predicted molar refractivity (Wildman–Crippen MR) is 55.1 cm³/mol. The van der Waals surface area contributed by atoms with Crippen LogP contribution in [0.2, 0.25) is 0 Å². The highest BCUT2D eigenvalue weighted by molar-refractivity contribution is 9.10. The molecule has 0 unspecified atom stereocenters. The molecule has 1 aromatic rings. The molecule has 0 saturated heterocycles. The number of aliphatic hydroxyl groups is 1. The van der Waals surface area contributed by atoms with Crippen LogP contribution in [0.1, 0.15) is 22.0 Å². The van der Waals surface area contributed by atoms with Crippen LogP contribution in [0.15, 0.2) is 22.7 Å². The minimum absolute atomic E-state index is 0.120. The van der Waals surface area contributed by atoms with E-state index in [1.807, 2.05) is 0 Å². The zero-order valence-electron chi connectivity index (χ0n) is 7.27. The van der Waals surface area contributed by atoms with Gasteiger partial charge in [-0.3, -0.25) is 0 Å². The lowest BCUT2D eigenvalue weighted by molar-refractivity contribution is 0.0694. The van der Waals surface area contributed by atoms with Gasteiger partial charge in [0.25, 0.3) is 0 Å². The number of nitrogens with two attached hydrogens (primary N) is 1. The van der Waals surface area contributed by atoms with Crippen LogP contribution in [-0.2, 0) is 0 Å². The number of aromatic carboxylic acids is 1. The maximum absolute atomic E-state index is 10.8. The van der Waals surface area contributed by atoms with Crippen LogP contribution in [0.4, 0.5) is 0 Å². The van der Waals surface area contributed by atoms with Crippen molar-refractivity contribution in [2.75, 3.05) is 6.61 Å². The fraction of sp³-hybridized carbons (Fsp3) is 0.222. The van der Waals surface area contributed by atoms with E-state index >= 15 is 0 Å². The Balaban J connectivity index is 3.22. The van der Waals surface area contributed by atoms with Gasteiger partial charge in [-0.25, -0.2) is 4.79 Å². The molecule has 0 bridgehead atoms. The highest BCUT2D eigenvalue weighted by Gasteiger charge is 2.15. The zero-order chi connectivity index (χ0) is 10.7. The summed E-state index contributed by atoms with van der Waals surface area (Å²) in [5.41, 5.74) is 6.11. The van der Waals surface area contributed by atoms with E-state index in [9.17, 15) is 4.79 Å². The fourth-order valence-electron chi connectivity index (χ4n) is 1.13. The molecule has 0 aliphatic heterocycles. The van der Waals surface area contributed by atoms with E-state index < -0.39 is 12.0 Å². The van der Waals surface area contributed by atoms with Gasteiger partial charge in [-0.05, 0) is 23.8 Å². The van der Waals surface area contributed by atoms with Crippen molar-refractivity contribution in [1.29, 1.82) is 0 Å². The topological polar surface area (TPSA) is 83.5 Å². The molecule has 76 valence electrons. The molecule has 0 saturated carbocycles. The molecule has 0 heterocycles. The highest BCUT2D eigenvalue weighted by atomic mass is 79.9. The SMILES string of the molecule is N[C@@H](CO)c1cc(Br)ccc1C(=O)O. The average molecular weight is 260 g/mol. The first kappa shape index (κ1) is 11.2. The van der Waals surface area contributed by atoms with E-state index in [2.05, 4.69) is 15.9 Å². The third kappa shape index (κ3) is 2.31. The number of aliphatic hydroxyl groups excluding tert-OH is 1. The third-order valence-corrected chi connectivity index (χ3v) is 2.33. The first-order valence-corrected chi connectivity index (χ1v) is 4.74. The Hall–Kier alpha value is -0.910. The summed E-state index contributed by atoms with van der Waals surface area (Å²) in [4.78, 5) is 10.8. The number of carboxylic acids is 1. The van der Waals surface area contributed by atoms with Crippen molar-refractivity contribution in [2.24, 2.45) is 5.73 Å². The van der Waals surface area contributed by atoms with Crippen molar-refractivity contribution >= 4 is 21.9 Å². The molecule has 0 fully saturated rings. The minimum Gasteiger partial charge on any atom is -0.478 e. The Morgan fingerprint density at radius 2 is 2.21 bits per heavy atom. The number of hydrogen-bond acceptors (Lipinski definition) is 3. The molecule has 5 heteroatoms. The molecule has 0 aromatic heterocycles. The van der Waals surface area contributed by atoms with Gasteiger partial charge in [0.2, 0.25) is 0 Å². The maximum atomic E-state index is 10.8. The normalized spacial score (nSPS) is 12.5. The van der Waals surface area contributed by atoms with Crippen molar-refractivity contribution in [3.63, 3.8) is 0 Å². The number of benzene rings is 1. The third-order valence-electron chi connectivity index (χ3n) is 1.84. The molecule has 4 N–H and O–H groups in total. The van der Waals surface area contributed by atoms with Gasteiger partial charge in [-0.1, -0.05) is 15.9 Å². The zero-order valence-corrected chi connectivity index (χ0v) is 8.86. The van der Waals surface area contributed by atoms with Crippen molar-refractivity contribution < 1.29 is 15.0 Å². The average Bonchev–Trinajstić information content (AvgIpc) is 2.16. The van der Waals surface area contributed by atoms with E-state index in [4.69, 9.17) is 15.9 Å². The molecule has 0 aliphatic carbocycles. The van der Waals surface area contributed by atoms with Gasteiger partial charge < -0.3 is 15.9 Å². The Bertz CT molecular complexity index is 354. The number of halogens is 1. The lowest BCUT2D eigenvalue weighted by Crippen LogP contribution is -2.18. The van der Waals surface area contributed by atoms with E-state index in [0.717, 1.165) is 4.47 Å². The van der Waals surface area contributed by atoms with Gasteiger partial charge in [0.1, 0.15) is 0 Å². The Labute approximate surface area is 89.5 Å². The summed E-state index contributed by atoms with van der Waals surface area (Å²) in [6.07, 6.45) is 0. The molecule has 0 amide bonds. The lowest BCUT2D eigenvalue weighted by Gasteiger charge is -2.12. The Morgan fingerprint density at radius 1 is 1.57 bits per heavy atom. The predicted octanol–water partition coefficient (Wildman–Crippen LogP) is 1.14. The van der Waals surface area contributed by atoms with Crippen LogP contribution < -0.4 is 5.73 Å². The van der Waals surface area contributed by atoms with Crippen LogP contribution in [0.25, 0.3) is 0 Å². The molecule has 14 heavy (non-hydrogen) atoms. The lowest BCUT2D eigenvalue weighted by atomic mass is 10.0. The molecule has 4 nitrogen and oxygen atoms in total. The molecule has 1 atom stereocenters. The molecule has 0 aliphatic rings. The van der Waals surface area contributed by atoms with Crippen LogP contribution in [-0.4, -0.2) is 22.8 Å². The van der Waals surface area contributed by atoms with Crippen molar-refractivity contribution in [2.45, 2.75) is 6.04 Å². The fourth-order valence-corrected chi connectivity index (χ4v) is 1.51. The molecular weight excluding hydrogens is 250 g/mol. The summed E-state index contributed by atoms with van der Waals surface area (Å²) in [6.45, 7) is -0.281. The van der Waals surface area contributed by atoms with Crippen LogP contribution in [0.5, 0.6) is 0 Å². The number of rotatable bonds is 3. The quantitative estimate of drug-likeness (QED) is 0.760. The van der Waals surface area contributed by atoms with Crippen molar-refractivity contribution in [1.82, 2.24) is 0 Å². The van der Waals surface area contributed by atoms with Crippen LogP contribution in [0.3, 0.4) is 0 Å². The summed E-state index contributed by atoms with van der Waals surface area (Å²) >= 11 is 3.21. The van der Waals surface area contributed by atoms with Gasteiger partial charge in [-0.15, -0.1) is 0 Å². The minimum atomic E-state index is -1.04. The number of carbonyl (C=O) groups is 1. The van der Waals surface area contributed by atoms with Gasteiger partial charge in [-0.2, -0.15) is 0 Å². The standard InChI is InChI=1S/C9H10BrNO3/c10-5-1-2-6(9(13)14)7(3-5)8(11)4-12/h1-3,8,12H,4,11H2,(H,13,14)/t8-/m0/s1. The van der Waals surface area contributed by atoms with Crippen LogP contribution >= 0.6 is 15.9 Å². The van der Waals surface area contributed by atoms with Crippen LogP contribution in [0, 0.1) is 0 Å². The molecule has 0 spiro atoms. The monoisotopic (exact) mass is 259 g/mol. The number of carboxylic acid groups (broad SMARTS) is 1. The van der Waals surface area contributed by atoms with Gasteiger partial charge >= 0.3 is 5.97 Å². The maximum Gasteiger partial charge on any atom is 0.336 e. The first-order chi connectivity index (χ1) is 6.56.